The predicted molar refractivity (Wildman–Crippen MR) is 330 cm³/mol. The van der Waals surface area contributed by atoms with Gasteiger partial charge in [0, 0.05) is 80.9 Å². The van der Waals surface area contributed by atoms with Gasteiger partial charge in [0.2, 0.25) is 0 Å². The molecule has 11 atom stereocenters. The van der Waals surface area contributed by atoms with E-state index in [0.29, 0.717) is 37.0 Å². The Kier molecular flexibility index (Phi) is 22.2. The zero-order valence-electron chi connectivity index (χ0n) is 51.9. The summed E-state index contributed by atoms with van der Waals surface area (Å²) in [5.74, 6) is -8.60. The number of hydrazone groups is 1. The molecular formula is C62H83FN10O15S. The number of methoxy groups -OCH3 is 1. The van der Waals surface area contributed by atoms with Crippen LogP contribution in [0.15, 0.2) is 58.4 Å². The lowest BCUT2D eigenvalue weighted by Crippen LogP contribution is -2.45. The summed E-state index contributed by atoms with van der Waals surface area (Å²) in [4.78, 5) is 69.5. The van der Waals surface area contributed by atoms with Crippen molar-refractivity contribution in [1.82, 2.24) is 34.9 Å². The Balaban J connectivity index is 0.892. The number of nitrogens with zero attached hydrogens (tertiary/aromatic N) is 7. The molecule has 2 aromatic carbocycles. The number of phenolic OH excluding ortho intramolecular Hbond substituents is 3. The Morgan fingerprint density at radius 3 is 2.45 bits per heavy atom. The molecule has 27 heteroatoms. The SMILES string of the molecule is CO[C@H]1/C=C/O[C@@]2(C)Oc3c(C)c(O)c4c(O)c(c(/C=N/N5CCC(CNCCCCCn6cc(CC(=O)OCC7OC(n8cc(F)c(N)nc8=O)CS7)nn6)CC5)c(O)c4c3C2=O)NC(=O)/C(C)=C\C=C\[C@H](C)[C@H](C)[C@@H](C)[C@@H](O)[C@@H](C)[C@H](OC(C)=O)[C@@H]1C. The van der Waals surface area contributed by atoms with Crippen molar-refractivity contribution in [3.63, 3.8) is 0 Å². The van der Waals surface area contributed by atoms with Crippen molar-refractivity contribution in [3.05, 3.63) is 87.2 Å². The van der Waals surface area contributed by atoms with Crippen LogP contribution in [0, 0.1) is 48.2 Å². The second kappa shape index (κ2) is 29.4. The van der Waals surface area contributed by atoms with Gasteiger partial charge in [-0.3, -0.25) is 33.4 Å². The van der Waals surface area contributed by atoms with E-state index in [1.54, 1.807) is 30.0 Å². The van der Waals surface area contributed by atoms with Crippen molar-refractivity contribution >= 4 is 63.9 Å². The molecule has 2 aromatic heterocycles. The number of aliphatic hydroxyl groups is 1. The van der Waals surface area contributed by atoms with E-state index >= 15 is 0 Å². The van der Waals surface area contributed by atoms with Gasteiger partial charge in [-0.1, -0.05) is 64.5 Å². The molecule has 5 aliphatic heterocycles. The molecule has 7 heterocycles. The van der Waals surface area contributed by atoms with Gasteiger partial charge in [0.15, 0.2) is 17.4 Å². The first-order chi connectivity index (χ1) is 42.3. The van der Waals surface area contributed by atoms with Crippen molar-refractivity contribution in [1.29, 1.82) is 0 Å². The molecule has 0 radical (unpaired) electrons. The van der Waals surface area contributed by atoms with Crippen LogP contribution >= 0.6 is 11.8 Å². The normalized spacial score (nSPS) is 27.7. The Morgan fingerprint density at radius 2 is 1.73 bits per heavy atom. The first kappa shape index (κ1) is 67.3. The number of amides is 1. The van der Waals surface area contributed by atoms with Crippen LogP contribution in [-0.4, -0.2) is 155 Å². The average molecular weight is 1260 g/mol. The number of esters is 2. The lowest BCUT2D eigenvalue weighted by Gasteiger charge is -2.38. The summed E-state index contributed by atoms with van der Waals surface area (Å²) in [6, 6.07) is 0. The Labute approximate surface area is 519 Å². The van der Waals surface area contributed by atoms with Crippen LogP contribution in [0.4, 0.5) is 15.9 Å². The largest absolute Gasteiger partial charge is 0.507 e. The summed E-state index contributed by atoms with van der Waals surface area (Å²) in [6.07, 6.45) is 12.9. The second-order valence-electron chi connectivity index (χ2n) is 23.7. The summed E-state index contributed by atoms with van der Waals surface area (Å²) in [7, 11) is 1.47. The third-order valence-electron chi connectivity index (χ3n) is 17.5. The summed E-state index contributed by atoms with van der Waals surface area (Å²) >= 11 is 1.32. The van der Waals surface area contributed by atoms with E-state index in [1.807, 2.05) is 45.7 Å². The van der Waals surface area contributed by atoms with E-state index < -0.39 is 106 Å². The molecule has 2 fully saturated rings. The highest BCUT2D eigenvalue weighted by molar-refractivity contribution is 8.00. The molecule has 8 N–H and O–H groups in total. The maximum absolute atomic E-state index is 14.7. The van der Waals surface area contributed by atoms with Gasteiger partial charge in [0.1, 0.15) is 41.6 Å². The minimum Gasteiger partial charge on any atom is -0.507 e. The van der Waals surface area contributed by atoms with E-state index in [0.717, 1.165) is 56.0 Å². The van der Waals surface area contributed by atoms with Crippen molar-refractivity contribution in [2.75, 3.05) is 56.7 Å². The number of aromatic nitrogens is 5. The quantitative estimate of drug-likeness (QED) is 0.0188. The molecule has 5 aliphatic rings. The molecular weight excluding hydrogens is 1180 g/mol. The van der Waals surface area contributed by atoms with Crippen LogP contribution in [-0.2, 0) is 51.0 Å². The number of Topliss-reactive ketones (excluding diaryl/α,β-unsaturated/α-hetero) is 1. The maximum Gasteiger partial charge on any atom is 0.351 e. The first-order valence-corrected chi connectivity index (χ1v) is 31.1. The van der Waals surface area contributed by atoms with E-state index in [4.69, 9.17) is 39.3 Å². The zero-order chi connectivity index (χ0) is 64.6. The molecule has 1 amide bonds. The standard InChI is InChI=1S/C62H83FN10O15S/c1-32-15-14-16-33(2)60(81)67-51-42(54(78)48-49(55(51)79)53(77)38(7)57-50(48)58(80)62(9,88-57)85-24-19-44(83-10)36(5)56(86-39(8)74)37(6)52(76)35(4)34(32)3)27-66-71-22-17-40(18-23-71)26-65-20-12-11-13-21-72-28-41(69-70-72)25-46(75)84-30-47-87-45(31-89-47)73-29-43(63)59(64)68-61(73)82/h14-16,19,24,27-29,32,34-37,40,44-45,47,52,56,65,76-79H,11-13,17-18,20-23,25-26,30-31H2,1-10H3,(H,67,81)(H2,64,68,82)/b15-14+,24-19+,33-16-,66-27+/t32-,34-,35+,36+,37+,44-,45?,47?,52+,56+,62-/m0/s1. The number of hydrogen-bond acceptors (Lipinski definition) is 23. The van der Waals surface area contributed by atoms with E-state index in [1.165, 1.54) is 58.2 Å². The number of rotatable bonds is 17. The summed E-state index contributed by atoms with van der Waals surface area (Å²) in [5, 5.41) is 68.8. The lowest BCUT2D eigenvalue weighted by atomic mass is 9.75. The number of anilines is 2. The number of hydrogen-bond donors (Lipinski definition) is 7. The number of nitrogen functional groups attached to an aromatic ring is 1. The molecule has 4 aromatic rings. The number of halogens is 1. The van der Waals surface area contributed by atoms with Gasteiger partial charge in [-0.15, -0.1) is 16.9 Å². The molecule has 89 heavy (non-hydrogen) atoms. The van der Waals surface area contributed by atoms with E-state index in [-0.39, 0.29) is 75.3 Å². The van der Waals surface area contributed by atoms with Crippen LogP contribution in [0.3, 0.4) is 0 Å². The van der Waals surface area contributed by atoms with Crippen LogP contribution in [0.25, 0.3) is 10.8 Å². The number of thioether (sulfide) groups is 1. The summed E-state index contributed by atoms with van der Waals surface area (Å²) in [5.41, 5.74) is 4.21. The third-order valence-corrected chi connectivity index (χ3v) is 18.6. The number of aryl methyl sites for hydroxylation is 1. The number of phenols is 3. The van der Waals surface area contributed by atoms with Gasteiger partial charge in [-0.25, -0.2) is 9.18 Å². The van der Waals surface area contributed by atoms with Gasteiger partial charge < -0.3 is 65.2 Å². The number of piperidine rings is 1. The van der Waals surface area contributed by atoms with Crippen molar-refractivity contribution < 1.29 is 72.4 Å². The highest BCUT2D eigenvalue weighted by atomic mass is 32.2. The minimum absolute atomic E-state index is 0.0478. The van der Waals surface area contributed by atoms with Crippen molar-refractivity contribution in [2.45, 2.75) is 143 Å². The number of nitrogens with two attached hydrogens (primary N) is 1. The monoisotopic (exact) mass is 1260 g/mol. The topological polar surface area (TPSA) is 336 Å². The van der Waals surface area contributed by atoms with Crippen LogP contribution in [0.5, 0.6) is 23.0 Å². The zero-order valence-corrected chi connectivity index (χ0v) is 52.8. The molecule has 9 rings (SSSR count). The minimum atomic E-state index is -2.07. The highest BCUT2D eigenvalue weighted by Crippen LogP contribution is 2.55. The van der Waals surface area contributed by atoms with Gasteiger partial charge in [-0.05, 0) is 82.4 Å². The van der Waals surface area contributed by atoms with Crippen LogP contribution in [0.2, 0.25) is 0 Å². The third kappa shape index (κ3) is 15.5. The molecule has 484 valence electrons. The van der Waals surface area contributed by atoms with Gasteiger partial charge in [-0.2, -0.15) is 10.1 Å². The van der Waals surface area contributed by atoms with Crippen molar-refractivity contribution in [3.8, 4) is 23.0 Å². The number of ether oxygens (including phenoxy) is 6. The van der Waals surface area contributed by atoms with E-state index in [9.17, 15) is 48.8 Å². The van der Waals surface area contributed by atoms with Crippen LogP contribution in [0.1, 0.15) is 121 Å². The molecule has 0 aliphatic carbocycles. The molecule has 2 saturated heterocycles. The molecule has 25 nitrogen and oxygen atoms in total. The number of nitrogens with one attached hydrogen (secondary N) is 2. The molecule has 0 spiro atoms. The predicted octanol–water partition coefficient (Wildman–Crippen LogP) is 6.78. The molecule has 2 unspecified atom stereocenters. The summed E-state index contributed by atoms with van der Waals surface area (Å²) in [6.45, 7) is 18.5. The molecule has 0 saturated carbocycles. The number of carbonyl (C=O) groups is 4. The number of aromatic hydroxyl groups is 3. The van der Waals surface area contributed by atoms with Crippen molar-refractivity contribution in [2.24, 2.45) is 40.6 Å². The number of allylic oxidation sites excluding steroid dienone is 3. The Hall–Kier alpha value is -7.59. The van der Waals surface area contributed by atoms with Gasteiger partial charge in [0.05, 0.1) is 65.2 Å². The fourth-order valence-corrected chi connectivity index (χ4v) is 12.6. The number of carbonyl (C=O) groups excluding carboxylic acids is 4. The van der Waals surface area contributed by atoms with E-state index in [2.05, 4.69) is 25.9 Å². The second-order valence-corrected chi connectivity index (χ2v) is 24.9. The number of benzene rings is 2. The number of ketones is 1. The van der Waals surface area contributed by atoms with Gasteiger partial charge >= 0.3 is 23.4 Å². The van der Waals surface area contributed by atoms with Gasteiger partial charge in [0.25, 0.3) is 11.7 Å². The average Bonchev–Trinajstić information content (AvgIpc) is 1.65. The maximum atomic E-state index is 14.7. The Bertz CT molecular complexity index is 3440. The fourth-order valence-electron chi connectivity index (χ4n) is 11.7. The number of aliphatic hydroxyl groups excluding tert-OH is 1. The molecule has 5 bridgehead atoms. The number of unbranched alkanes of at least 4 members (excludes halogenated alkanes) is 2. The smallest absolute Gasteiger partial charge is 0.351 e. The van der Waals surface area contributed by atoms with Crippen LogP contribution < -0.4 is 26.8 Å². The fraction of sp³-hybridized carbons (Fsp3) is 0.565. The number of fused-ring (bicyclic) bond motifs is 14. The summed E-state index contributed by atoms with van der Waals surface area (Å²) < 4.78 is 51.8. The highest BCUT2D eigenvalue weighted by Gasteiger charge is 2.50. The first-order valence-electron chi connectivity index (χ1n) is 30.1. The lowest BCUT2D eigenvalue weighted by molar-refractivity contribution is -0.160. The Morgan fingerprint density at radius 1 is 0.989 bits per heavy atom.